The lowest BCUT2D eigenvalue weighted by Gasteiger charge is -2.16. The van der Waals surface area contributed by atoms with E-state index in [1.54, 1.807) is 0 Å². The van der Waals surface area contributed by atoms with Crippen LogP contribution in [0.25, 0.3) is 0 Å². The topological polar surface area (TPSA) is 0 Å². The van der Waals surface area contributed by atoms with Crippen LogP contribution >= 0.6 is 23.2 Å². The van der Waals surface area contributed by atoms with Gasteiger partial charge in [-0.2, -0.15) is 0 Å². The number of rotatable bonds is 6. The summed E-state index contributed by atoms with van der Waals surface area (Å²) in [7, 11) is -1.26. The van der Waals surface area contributed by atoms with E-state index in [9.17, 15) is 0 Å². The van der Waals surface area contributed by atoms with Gasteiger partial charge in [-0.25, -0.2) is 0 Å². The Hall–Kier alpha value is 0.754. The van der Waals surface area contributed by atoms with Crippen molar-refractivity contribution >= 4 is 40.8 Å². The molecule has 72 valence electrons. The molecule has 12 heavy (non-hydrogen) atoms. The SMILES string of the molecule is C=C[Si](C)(C)CCC[SiH2]C(Cl)Cl. The first-order valence-corrected chi connectivity index (χ1v) is 10.4. The number of alkyl halides is 2. The minimum absolute atomic E-state index is 0.0430. The molecule has 0 aliphatic heterocycles. The van der Waals surface area contributed by atoms with Crippen LogP contribution in [0.15, 0.2) is 12.3 Å². The Labute approximate surface area is 89.2 Å². The second kappa shape index (κ2) is 6.24. The summed E-state index contributed by atoms with van der Waals surface area (Å²) in [6.45, 7) is 8.56. The molecule has 0 radical (unpaired) electrons. The van der Waals surface area contributed by atoms with E-state index >= 15 is 0 Å². The van der Waals surface area contributed by atoms with Crippen molar-refractivity contribution in [1.82, 2.24) is 0 Å². The van der Waals surface area contributed by atoms with Gasteiger partial charge in [-0.15, -0.1) is 35.5 Å². The lowest BCUT2D eigenvalue weighted by molar-refractivity contribution is 1.04. The Kier molecular flexibility index (Phi) is 6.64. The maximum Gasteiger partial charge on any atom is 0.0908 e. The molecule has 0 N–H and O–H groups in total. The van der Waals surface area contributed by atoms with Gasteiger partial charge < -0.3 is 0 Å². The predicted octanol–water partition coefficient (Wildman–Crippen LogP) is 3.16. The lowest BCUT2D eigenvalue weighted by atomic mass is 10.6. The monoisotopic (exact) mass is 240 g/mol. The van der Waals surface area contributed by atoms with Gasteiger partial charge in [-0.1, -0.05) is 31.6 Å². The Bertz CT molecular complexity index is 135. The van der Waals surface area contributed by atoms with Gasteiger partial charge in [0, 0.05) is 0 Å². The molecule has 0 bridgehead atoms. The molecule has 0 aromatic rings. The quantitative estimate of drug-likeness (QED) is 0.381. The summed E-state index contributed by atoms with van der Waals surface area (Å²) in [5.41, 5.74) is 2.16. The second-order valence-corrected chi connectivity index (χ2v) is 13.1. The average molecular weight is 241 g/mol. The number of hydrogen-bond donors (Lipinski definition) is 0. The van der Waals surface area contributed by atoms with Crippen molar-refractivity contribution in [3.8, 4) is 0 Å². The standard InChI is InChI=1S/C8H18Cl2Si2/c1-4-12(2,3)7-5-6-11-8(9)10/h4,8H,1,5-7,11H2,2-3H3. The zero-order chi connectivity index (χ0) is 9.61. The molecule has 0 aliphatic carbocycles. The first kappa shape index (κ1) is 12.8. The van der Waals surface area contributed by atoms with Crippen LogP contribution in [0.5, 0.6) is 0 Å². The zero-order valence-corrected chi connectivity index (χ0v) is 11.9. The molecule has 0 aromatic heterocycles. The van der Waals surface area contributed by atoms with E-state index < -0.39 is 8.07 Å². The molecular formula is C8H18Cl2Si2. The van der Waals surface area contributed by atoms with Crippen LogP contribution < -0.4 is 0 Å². The first-order valence-electron chi connectivity index (χ1n) is 4.40. The Morgan fingerprint density at radius 1 is 1.50 bits per heavy atom. The summed E-state index contributed by atoms with van der Waals surface area (Å²) in [5, 5.41) is 0. The lowest BCUT2D eigenvalue weighted by Crippen LogP contribution is -2.21. The molecule has 0 nitrogen and oxygen atoms in total. The van der Waals surface area contributed by atoms with E-state index in [2.05, 4.69) is 25.4 Å². The molecular weight excluding hydrogens is 223 g/mol. The molecule has 0 aromatic carbocycles. The Morgan fingerprint density at radius 2 is 2.08 bits per heavy atom. The summed E-state index contributed by atoms with van der Waals surface area (Å²) in [6, 6.07) is 2.62. The minimum atomic E-state index is -1.05. The molecule has 0 saturated carbocycles. The third-order valence-corrected chi connectivity index (χ3v) is 7.45. The van der Waals surface area contributed by atoms with E-state index in [1.807, 2.05) is 0 Å². The average Bonchev–Trinajstić information content (AvgIpc) is 1.98. The highest BCUT2D eigenvalue weighted by molar-refractivity contribution is 6.82. The van der Waals surface area contributed by atoms with Gasteiger partial charge in [-0.3, -0.25) is 0 Å². The zero-order valence-electron chi connectivity index (χ0n) is 7.95. The van der Waals surface area contributed by atoms with E-state index in [1.165, 1.54) is 18.5 Å². The molecule has 4 heteroatoms. The molecule has 0 unspecified atom stereocenters. The van der Waals surface area contributed by atoms with Gasteiger partial charge in [0.25, 0.3) is 0 Å². The van der Waals surface area contributed by atoms with Crippen molar-refractivity contribution in [1.29, 1.82) is 0 Å². The van der Waals surface area contributed by atoms with E-state index in [-0.39, 0.29) is 14.0 Å². The van der Waals surface area contributed by atoms with Crippen molar-refractivity contribution in [3.05, 3.63) is 12.3 Å². The Morgan fingerprint density at radius 3 is 2.50 bits per heavy atom. The molecule has 0 saturated heterocycles. The maximum absolute atomic E-state index is 5.68. The first-order chi connectivity index (χ1) is 5.48. The summed E-state index contributed by atoms with van der Waals surface area (Å²) in [6.07, 6.45) is 1.30. The van der Waals surface area contributed by atoms with Crippen LogP contribution in [0.2, 0.25) is 25.2 Å². The van der Waals surface area contributed by atoms with Crippen LogP contribution in [0, 0.1) is 0 Å². The van der Waals surface area contributed by atoms with Gasteiger partial charge >= 0.3 is 0 Å². The van der Waals surface area contributed by atoms with Crippen LogP contribution in [-0.2, 0) is 0 Å². The van der Waals surface area contributed by atoms with Crippen molar-refractivity contribution in [3.63, 3.8) is 0 Å². The third-order valence-electron chi connectivity index (χ3n) is 2.05. The van der Waals surface area contributed by atoms with Gasteiger partial charge in [0.2, 0.25) is 0 Å². The van der Waals surface area contributed by atoms with Gasteiger partial charge in [-0.05, 0) is 0 Å². The molecule has 0 atom stereocenters. The molecule has 0 heterocycles. The summed E-state index contributed by atoms with van der Waals surface area (Å²) < 4.78 is -0.0430. The Balaban J connectivity index is 3.37. The number of halogens is 2. The van der Waals surface area contributed by atoms with Crippen molar-refractivity contribution < 1.29 is 0 Å². The maximum atomic E-state index is 5.68. The summed E-state index contributed by atoms with van der Waals surface area (Å²) in [4.78, 5) is 0. The predicted molar refractivity (Wildman–Crippen MR) is 65.9 cm³/mol. The van der Waals surface area contributed by atoms with Crippen LogP contribution in [0.1, 0.15) is 6.42 Å². The van der Waals surface area contributed by atoms with Crippen LogP contribution in [-0.4, -0.2) is 22.1 Å². The highest BCUT2D eigenvalue weighted by Crippen LogP contribution is 2.15. The number of hydrogen-bond acceptors (Lipinski definition) is 0. The highest BCUT2D eigenvalue weighted by Gasteiger charge is 2.14. The molecule has 0 amide bonds. The van der Waals surface area contributed by atoms with Crippen molar-refractivity contribution in [2.24, 2.45) is 0 Å². The normalized spacial score (nSPS) is 13.1. The van der Waals surface area contributed by atoms with Crippen molar-refractivity contribution in [2.45, 2.75) is 36.1 Å². The fourth-order valence-corrected chi connectivity index (χ4v) is 4.62. The van der Waals surface area contributed by atoms with Gasteiger partial charge in [0.1, 0.15) is 0 Å². The fourth-order valence-electron chi connectivity index (χ4n) is 0.981. The van der Waals surface area contributed by atoms with E-state index in [0.717, 1.165) is 0 Å². The van der Waals surface area contributed by atoms with Gasteiger partial charge in [0.05, 0.1) is 22.1 Å². The fraction of sp³-hybridized carbons (Fsp3) is 0.750. The highest BCUT2D eigenvalue weighted by atomic mass is 35.5. The third kappa shape index (κ3) is 7.41. The molecule has 0 aliphatic rings. The summed E-state index contributed by atoms with van der Waals surface area (Å²) >= 11 is 11.4. The largest absolute Gasteiger partial charge is 0.110 e. The minimum Gasteiger partial charge on any atom is -0.110 e. The molecule has 0 fully saturated rings. The van der Waals surface area contributed by atoms with Crippen molar-refractivity contribution in [2.75, 3.05) is 0 Å². The summed E-state index contributed by atoms with van der Waals surface area (Å²) in [5.74, 6) is 0. The molecule has 0 rings (SSSR count). The smallest absolute Gasteiger partial charge is 0.0908 e. The van der Waals surface area contributed by atoms with E-state index in [4.69, 9.17) is 23.2 Å². The van der Waals surface area contributed by atoms with Crippen LogP contribution in [0.4, 0.5) is 0 Å². The second-order valence-electron chi connectivity index (χ2n) is 3.83. The van der Waals surface area contributed by atoms with Crippen LogP contribution in [0.3, 0.4) is 0 Å². The van der Waals surface area contributed by atoms with Gasteiger partial charge in [0.15, 0.2) is 0 Å². The molecule has 0 spiro atoms. The van der Waals surface area contributed by atoms with E-state index in [0.29, 0.717) is 0 Å².